The van der Waals surface area contributed by atoms with E-state index in [-0.39, 0.29) is 36.0 Å². The fourth-order valence-corrected chi connectivity index (χ4v) is 8.51. The minimum atomic E-state index is -0.749. The summed E-state index contributed by atoms with van der Waals surface area (Å²) in [6.45, 7) is 5.35. The van der Waals surface area contributed by atoms with Gasteiger partial charge in [0.05, 0.1) is 35.2 Å². The molecule has 4 aliphatic rings. The molecule has 14 heteroatoms. The number of anilines is 1. The van der Waals surface area contributed by atoms with Gasteiger partial charge in [0, 0.05) is 81.9 Å². The van der Waals surface area contributed by atoms with Gasteiger partial charge in [0.2, 0.25) is 0 Å². The Morgan fingerprint density at radius 3 is 2.24 bits per heavy atom. The highest BCUT2D eigenvalue weighted by Crippen LogP contribution is 2.49. The van der Waals surface area contributed by atoms with Gasteiger partial charge in [0.25, 0.3) is 17.7 Å². The fraction of sp³-hybridized carbons (Fsp3) is 0.475. The molecule has 2 aromatic heterocycles. The first-order chi connectivity index (χ1) is 26.0. The molecule has 0 unspecified atom stereocenters. The highest BCUT2D eigenvalue weighted by Gasteiger charge is 2.49. The number of rotatable bonds is 10. The lowest BCUT2D eigenvalue weighted by Gasteiger charge is -2.53. The van der Waals surface area contributed by atoms with E-state index in [0.717, 1.165) is 80.3 Å². The van der Waals surface area contributed by atoms with Crippen LogP contribution in [-0.4, -0.2) is 91.5 Å². The van der Waals surface area contributed by atoms with Crippen molar-refractivity contribution in [1.29, 1.82) is 0 Å². The Morgan fingerprint density at radius 1 is 0.907 bits per heavy atom. The molecule has 0 bridgehead atoms. The maximum Gasteiger partial charge on any atom is 0.287 e. The second-order valence-electron chi connectivity index (χ2n) is 15.5. The maximum absolute atomic E-state index is 15.2. The SMILES string of the molecule is Cc1c(C(=O)Nc2ccc(CNC(=O)c3ncc4n3CCN(Cc3c(F)cc(C(=O)N(C)C)cc3F)C43CCC3)cc2)cnn1C1CCN(C2CC2)CC1. The van der Waals surface area contributed by atoms with Gasteiger partial charge in [0.1, 0.15) is 11.6 Å². The van der Waals surface area contributed by atoms with Crippen molar-refractivity contribution in [1.82, 2.24) is 39.3 Å². The first-order valence-electron chi connectivity index (χ1n) is 19.0. The molecule has 284 valence electrons. The molecule has 2 aliphatic carbocycles. The Bertz CT molecular complexity index is 2050. The van der Waals surface area contributed by atoms with E-state index in [0.29, 0.717) is 36.2 Å². The third kappa shape index (κ3) is 6.70. The normalized spacial score (nSPS) is 18.6. The molecule has 4 heterocycles. The zero-order valence-electron chi connectivity index (χ0n) is 31.1. The van der Waals surface area contributed by atoms with Crippen LogP contribution in [0.1, 0.15) is 105 Å². The number of fused-ring (bicyclic) bond motifs is 2. The summed E-state index contributed by atoms with van der Waals surface area (Å²) in [6.07, 6.45) is 10.6. The van der Waals surface area contributed by atoms with Crippen molar-refractivity contribution < 1.29 is 23.2 Å². The minimum absolute atomic E-state index is 0.0314. The number of carbonyl (C=O) groups excluding carboxylic acids is 3. The van der Waals surface area contributed by atoms with Crippen molar-refractivity contribution in [3.05, 3.63) is 99.9 Å². The highest BCUT2D eigenvalue weighted by atomic mass is 19.1. The molecule has 3 fully saturated rings. The number of piperidine rings is 1. The van der Waals surface area contributed by atoms with Crippen LogP contribution in [0.15, 0.2) is 48.8 Å². The van der Waals surface area contributed by atoms with Crippen LogP contribution in [0.25, 0.3) is 0 Å². The van der Waals surface area contributed by atoms with Gasteiger partial charge in [-0.15, -0.1) is 0 Å². The lowest BCUT2D eigenvalue weighted by Crippen LogP contribution is -2.56. The van der Waals surface area contributed by atoms with E-state index in [1.54, 1.807) is 12.4 Å². The molecule has 2 aromatic carbocycles. The second-order valence-corrected chi connectivity index (χ2v) is 15.5. The van der Waals surface area contributed by atoms with E-state index >= 15 is 8.78 Å². The predicted molar refractivity (Wildman–Crippen MR) is 198 cm³/mol. The summed E-state index contributed by atoms with van der Waals surface area (Å²) in [5.74, 6) is -2.18. The average Bonchev–Trinajstić information content (AvgIpc) is 3.79. The van der Waals surface area contributed by atoms with Gasteiger partial charge in [-0.1, -0.05) is 12.1 Å². The zero-order valence-corrected chi connectivity index (χ0v) is 31.1. The molecule has 2 saturated carbocycles. The summed E-state index contributed by atoms with van der Waals surface area (Å²) in [5.41, 5.74) is 3.23. The monoisotopic (exact) mass is 739 g/mol. The number of aromatic nitrogens is 4. The predicted octanol–water partition coefficient (Wildman–Crippen LogP) is 5.24. The van der Waals surface area contributed by atoms with Crippen LogP contribution in [0.3, 0.4) is 0 Å². The van der Waals surface area contributed by atoms with E-state index in [4.69, 9.17) is 0 Å². The van der Waals surface area contributed by atoms with Crippen LogP contribution in [0.4, 0.5) is 14.5 Å². The number of hydrogen-bond donors (Lipinski definition) is 2. The number of nitrogens with one attached hydrogen (secondary N) is 2. The number of halogens is 2. The lowest BCUT2D eigenvalue weighted by atomic mass is 9.72. The third-order valence-electron chi connectivity index (χ3n) is 11.9. The van der Waals surface area contributed by atoms with E-state index in [2.05, 4.69) is 30.5 Å². The Kier molecular flexibility index (Phi) is 9.59. The summed E-state index contributed by atoms with van der Waals surface area (Å²) < 4.78 is 34.4. The third-order valence-corrected chi connectivity index (χ3v) is 11.9. The van der Waals surface area contributed by atoms with Gasteiger partial charge < -0.3 is 25.0 Å². The smallest absolute Gasteiger partial charge is 0.287 e. The lowest BCUT2D eigenvalue weighted by molar-refractivity contribution is -0.0229. The summed E-state index contributed by atoms with van der Waals surface area (Å²) in [7, 11) is 3.07. The molecule has 1 saturated heterocycles. The molecule has 54 heavy (non-hydrogen) atoms. The van der Waals surface area contributed by atoms with Crippen molar-refractivity contribution in [2.75, 3.05) is 39.0 Å². The molecule has 0 atom stereocenters. The number of nitrogens with zero attached hydrogens (tertiary/aromatic N) is 7. The number of imidazole rings is 1. The number of likely N-dealkylation sites (tertiary alicyclic amines) is 1. The van der Waals surface area contributed by atoms with Crippen LogP contribution < -0.4 is 10.6 Å². The van der Waals surface area contributed by atoms with Crippen LogP contribution in [0.5, 0.6) is 0 Å². The molecule has 2 N–H and O–H groups in total. The summed E-state index contributed by atoms with van der Waals surface area (Å²) in [6, 6.07) is 10.7. The van der Waals surface area contributed by atoms with Gasteiger partial charge in [0.15, 0.2) is 5.82 Å². The first-order valence-corrected chi connectivity index (χ1v) is 19.0. The molecular formula is C40H47F2N9O3. The average molecular weight is 740 g/mol. The standard InChI is InChI=1S/C40H47F2N9O3/c1-25-31(22-45-51(25)30-11-15-48(16-12-30)29-9-10-29)37(52)46-28-7-5-26(6-8-28)21-44-38(53)36-43-23-35-40(13-4-14-40)49(17-18-50(35)36)24-32-33(41)19-27(20-34(32)42)39(54)47(2)3/h5-8,19-20,22-23,29-30H,4,9-18,21,24H2,1-3H3,(H,44,53)(H,46,52). The first kappa shape index (κ1) is 36.0. The quantitative estimate of drug-likeness (QED) is 0.228. The molecule has 12 nitrogen and oxygen atoms in total. The molecule has 1 spiro atoms. The number of amides is 3. The molecule has 2 aliphatic heterocycles. The van der Waals surface area contributed by atoms with E-state index < -0.39 is 23.1 Å². The number of benzene rings is 2. The summed E-state index contributed by atoms with van der Waals surface area (Å²) in [5, 5.41) is 10.6. The van der Waals surface area contributed by atoms with Gasteiger partial charge in [-0.05, 0) is 81.7 Å². The van der Waals surface area contributed by atoms with E-state index in [1.807, 2.05) is 40.4 Å². The maximum atomic E-state index is 15.2. The van der Waals surface area contributed by atoms with Crippen LogP contribution in [-0.2, 0) is 25.2 Å². The topological polar surface area (TPSA) is 121 Å². The molecule has 0 radical (unpaired) electrons. The molecule has 8 rings (SSSR count). The Hall–Kier alpha value is -4.95. The molecular weight excluding hydrogens is 692 g/mol. The fourth-order valence-electron chi connectivity index (χ4n) is 8.51. The Labute approximate surface area is 313 Å². The Morgan fingerprint density at radius 2 is 1.61 bits per heavy atom. The van der Waals surface area contributed by atoms with Crippen LogP contribution in [0.2, 0.25) is 0 Å². The number of carbonyl (C=O) groups is 3. The van der Waals surface area contributed by atoms with Gasteiger partial charge in [-0.25, -0.2) is 13.8 Å². The summed E-state index contributed by atoms with van der Waals surface area (Å²) >= 11 is 0. The van der Waals surface area contributed by atoms with Crippen molar-refractivity contribution in [3.8, 4) is 0 Å². The zero-order chi connectivity index (χ0) is 37.7. The van der Waals surface area contributed by atoms with Gasteiger partial charge in [-0.3, -0.25) is 24.0 Å². The van der Waals surface area contributed by atoms with Gasteiger partial charge in [-0.2, -0.15) is 5.10 Å². The van der Waals surface area contributed by atoms with Crippen molar-refractivity contribution in [3.63, 3.8) is 0 Å². The van der Waals surface area contributed by atoms with E-state index in [9.17, 15) is 14.4 Å². The largest absolute Gasteiger partial charge is 0.345 e. The van der Waals surface area contributed by atoms with Crippen molar-refractivity contribution in [2.24, 2.45) is 0 Å². The van der Waals surface area contributed by atoms with E-state index in [1.165, 1.54) is 31.8 Å². The van der Waals surface area contributed by atoms with Crippen molar-refractivity contribution >= 4 is 23.4 Å². The van der Waals surface area contributed by atoms with Crippen LogP contribution in [0, 0.1) is 18.6 Å². The second kappa shape index (κ2) is 14.4. The van der Waals surface area contributed by atoms with Crippen LogP contribution >= 0.6 is 0 Å². The highest BCUT2D eigenvalue weighted by molar-refractivity contribution is 6.04. The van der Waals surface area contributed by atoms with Gasteiger partial charge >= 0.3 is 0 Å². The molecule has 4 aromatic rings. The number of hydrogen-bond acceptors (Lipinski definition) is 7. The minimum Gasteiger partial charge on any atom is -0.345 e. The van der Waals surface area contributed by atoms with Crippen molar-refractivity contribution in [2.45, 2.75) is 89.1 Å². The Balaban J connectivity index is 0.874. The summed E-state index contributed by atoms with van der Waals surface area (Å²) in [4.78, 5) is 49.4. The molecule has 3 amide bonds.